The zero-order valence-corrected chi connectivity index (χ0v) is 11.0. The van der Waals surface area contributed by atoms with E-state index >= 15 is 0 Å². The number of aliphatic carboxylic acids is 1. The summed E-state index contributed by atoms with van der Waals surface area (Å²) in [6.45, 7) is 3.77. The van der Waals surface area contributed by atoms with Crippen molar-refractivity contribution in [3.05, 3.63) is 59.3 Å². The molecule has 108 valence electrons. The molecule has 1 aliphatic carbocycles. The van der Waals surface area contributed by atoms with Gasteiger partial charge >= 0.3 is 11.9 Å². The van der Waals surface area contributed by atoms with Crippen LogP contribution in [0.5, 0.6) is 0 Å². The second kappa shape index (κ2) is 5.16. The number of hydrogen-bond donors (Lipinski definition) is 4. The number of benzene rings is 1. The lowest BCUT2D eigenvalue weighted by atomic mass is 9.83. The summed E-state index contributed by atoms with van der Waals surface area (Å²) < 4.78 is 0. The molecule has 2 rings (SSSR count). The first-order chi connectivity index (χ1) is 9.82. The summed E-state index contributed by atoms with van der Waals surface area (Å²) in [6.07, 6.45) is 3.11. The summed E-state index contributed by atoms with van der Waals surface area (Å²) in [6, 6.07) is 4.47. The van der Waals surface area contributed by atoms with Crippen LogP contribution in [-0.4, -0.2) is 22.2 Å². The molecule has 0 bridgehead atoms. The molecule has 0 saturated heterocycles. The van der Waals surface area contributed by atoms with Gasteiger partial charge < -0.3 is 21.7 Å². The van der Waals surface area contributed by atoms with Crippen LogP contribution >= 0.6 is 0 Å². The summed E-state index contributed by atoms with van der Waals surface area (Å²) in [5.41, 5.74) is 12.9. The summed E-state index contributed by atoms with van der Waals surface area (Å²) in [5.74, 6) is -3.27. The minimum Gasteiger partial charge on any atom is -0.480 e. The molecule has 6 nitrogen and oxygen atoms in total. The van der Waals surface area contributed by atoms with Gasteiger partial charge in [-0.05, 0) is 34.9 Å². The van der Waals surface area contributed by atoms with E-state index in [-0.39, 0.29) is 16.9 Å². The third kappa shape index (κ3) is 2.51. The lowest BCUT2D eigenvalue weighted by molar-refractivity contribution is -0.139. The first kappa shape index (κ1) is 14.4. The number of rotatable bonds is 3. The maximum atomic E-state index is 11.3. The molecular weight excluding hydrogens is 272 g/mol. The van der Waals surface area contributed by atoms with E-state index in [9.17, 15) is 14.7 Å². The van der Waals surface area contributed by atoms with E-state index in [1.807, 2.05) is 0 Å². The smallest absolute Gasteiger partial charge is 0.337 e. The minimum atomic E-state index is -1.15. The number of carboxylic acid groups (broad SMARTS) is 2. The first-order valence-electron chi connectivity index (χ1n) is 6.05. The van der Waals surface area contributed by atoms with Crippen molar-refractivity contribution in [3.63, 3.8) is 0 Å². The van der Waals surface area contributed by atoms with Crippen LogP contribution in [-0.2, 0) is 4.79 Å². The highest BCUT2D eigenvalue weighted by molar-refractivity contribution is 5.97. The van der Waals surface area contributed by atoms with Crippen LogP contribution in [0.4, 0.5) is 5.69 Å². The number of allylic oxidation sites excluding steroid dienone is 3. The molecule has 6 heteroatoms. The van der Waals surface area contributed by atoms with Gasteiger partial charge in [-0.25, -0.2) is 4.79 Å². The molecule has 0 spiro atoms. The van der Waals surface area contributed by atoms with E-state index in [4.69, 9.17) is 16.6 Å². The lowest BCUT2D eigenvalue weighted by Crippen LogP contribution is -2.25. The summed E-state index contributed by atoms with van der Waals surface area (Å²) in [5, 5.41) is 18.3. The monoisotopic (exact) mass is 286 g/mol. The summed E-state index contributed by atoms with van der Waals surface area (Å²) >= 11 is 0. The molecule has 1 unspecified atom stereocenters. The van der Waals surface area contributed by atoms with Gasteiger partial charge in [-0.2, -0.15) is 0 Å². The predicted octanol–water partition coefficient (Wildman–Crippen LogP) is 1.46. The largest absolute Gasteiger partial charge is 0.480 e. The van der Waals surface area contributed by atoms with Gasteiger partial charge in [0.15, 0.2) is 0 Å². The van der Waals surface area contributed by atoms with E-state index < -0.39 is 17.9 Å². The quantitative estimate of drug-likeness (QED) is 0.623. The van der Waals surface area contributed by atoms with Crippen molar-refractivity contribution in [1.82, 2.24) is 0 Å². The van der Waals surface area contributed by atoms with E-state index in [2.05, 4.69) is 6.58 Å². The molecule has 0 aliphatic heterocycles. The molecule has 6 N–H and O–H groups in total. The van der Waals surface area contributed by atoms with Crippen molar-refractivity contribution in [2.24, 2.45) is 11.7 Å². The molecule has 1 atom stereocenters. The second-order valence-electron chi connectivity index (χ2n) is 4.65. The normalized spacial score (nSPS) is 17.9. The van der Waals surface area contributed by atoms with Crippen molar-refractivity contribution in [2.45, 2.75) is 0 Å². The van der Waals surface area contributed by atoms with Crippen LogP contribution in [0.2, 0.25) is 0 Å². The number of carboxylic acids is 2. The van der Waals surface area contributed by atoms with Gasteiger partial charge in [0.2, 0.25) is 0 Å². The van der Waals surface area contributed by atoms with Crippen LogP contribution in [0.1, 0.15) is 15.9 Å². The maximum Gasteiger partial charge on any atom is 0.337 e. The Morgan fingerprint density at radius 3 is 2.38 bits per heavy atom. The average molecular weight is 286 g/mol. The predicted molar refractivity (Wildman–Crippen MR) is 78.3 cm³/mol. The van der Waals surface area contributed by atoms with Gasteiger partial charge in [-0.3, -0.25) is 4.79 Å². The maximum absolute atomic E-state index is 11.3. The molecule has 0 amide bonds. The Morgan fingerprint density at radius 1 is 1.14 bits per heavy atom. The van der Waals surface area contributed by atoms with Gasteiger partial charge in [-0.15, -0.1) is 0 Å². The Balaban J connectivity index is 2.52. The number of carbonyl (C=O) groups is 2. The Morgan fingerprint density at radius 2 is 1.81 bits per heavy atom. The van der Waals surface area contributed by atoms with E-state index in [0.717, 1.165) is 0 Å². The minimum absolute atomic E-state index is 0.0457. The molecule has 0 aromatic heterocycles. The van der Waals surface area contributed by atoms with Gasteiger partial charge in [0.05, 0.1) is 5.56 Å². The molecule has 0 saturated carbocycles. The van der Waals surface area contributed by atoms with Gasteiger partial charge in [0.1, 0.15) is 5.92 Å². The zero-order chi connectivity index (χ0) is 15.7. The molecule has 0 heterocycles. The average Bonchev–Trinajstić information content (AvgIpc) is 2.39. The van der Waals surface area contributed by atoms with Crippen molar-refractivity contribution in [2.75, 3.05) is 5.73 Å². The Hall–Kier alpha value is -3.02. The Labute approximate surface area is 120 Å². The number of hydrogen-bond acceptors (Lipinski definition) is 4. The molecule has 0 radical (unpaired) electrons. The van der Waals surface area contributed by atoms with Crippen molar-refractivity contribution in [1.29, 1.82) is 0 Å². The topological polar surface area (TPSA) is 127 Å². The lowest BCUT2D eigenvalue weighted by Gasteiger charge is -2.22. The number of nitrogen functional groups attached to an aromatic ring is 1. The highest BCUT2D eigenvalue weighted by Gasteiger charge is 2.29. The highest BCUT2D eigenvalue weighted by atomic mass is 16.4. The van der Waals surface area contributed by atoms with Crippen LogP contribution in [0.15, 0.2) is 48.2 Å². The Bertz CT molecular complexity index is 716. The van der Waals surface area contributed by atoms with Crippen LogP contribution in [0.3, 0.4) is 0 Å². The van der Waals surface area contributed by atoms with Crippen LogP contribution in [0.25, 0.3) is 5.57 Å². The molecule has 1 aliphatic rings. The van der Waals surface area contributed by atoms with Crippen LogP contribution < -0.4 is 11.5 Å². The molecular formula is C15H14N2O4. The highest BCUT2D eigenvalue weighted by Crippen LogP contribution is 2.35. The molecule has 1 aromatic carbocycles. The SMILES string of the molecule is C=C1C(c2ccc(N)c(C(=O)O)c2)=CC=C(N)C1C(=O)O. The Kier molecular flexibility index (Phi) is 3.54. The van der Waals surface area contributed by atoms with Gasteiger partial charge in [0, 0.05) is 11.4 Å². The van der Waals surface area contributed by atoms with E-state index in [1.165, 1.54) is 18.2 Å². The zero-order valence-electron chi connectivity index (χ0n) is 11.0. The number of anilines is 1. The van der Waals surface area contributed by atoms with Crippen molar-refractivity contribution < 1.29 is 19.8 Å². The fourth-order valence-corrected chi connectivity index (χ4v) is 2.22. The van der Waals surface area contributed by atoms with Crippen molar-refractivity contribution in [3.8, 4) is 0 Å². The summed E-state index contributed by atoms with van der Waals surface area (Å²) in [7, 11) is 0. The van der Waals surface area contributed by atoms with Crippen LogP contribution in [0, 0.1) is 5.92 Å². The van der Waals surface area contributed by atoms with E-state index in [0.29, 0.717) is 16.7 Å². The third-order valence-electron chi connectivity index (χ3n) is 3.31. The fourth-order valence-electron chi connectivity index (χ4n) is 2.22. The molecule has 1 aromatic rings. The van der Waals surface area contributed by atoms with Crippen molar-refractivity contribution >= 4 is 23.2 Å². The first-order valence-corrected chi connectivity index (χ1v) is 6.05. The fraction of sp³-hybridized carbons (Fsp3) is 0.0667. The van der Waals surface area contributed by atoms with Gasteiger partial charge in [-0.1, -0.05) is 18.7 Å². The van der Waals surface area contributed by atoms with Gasteiger partial charge in [0.25, 0.3) is 0 Å². The summed E-state index contributed by atoms with van der Waals surface area (Å²) in [4.78, 5) is 22.4. The molecule has 21 heavy (non-hydrogen) atoms. The second-order valence-corrected chi connectivity index (χ2v) is 4.65. The standard InChI is InChI=1S/C15H14N2O4/c1-7-9(3-5-12(17)13(7)15(20)21)8-2-4-11(16)10(6-8)14(18)19/h2-6,13H,1,16-17H2,(H,18,19)(H,20,21). The third-order valence-corrected chi connectivity index (χ3v) is 3.31. The number of nitrogens with two attached hydrogens (primary N) is 2. The number of aromatic carboxylic acids is 1. The van der Waals surface area contributed by atoms with E-state index in [1.54, 1.807) is 12.1 Å². The molecule has 0 fully saturated rings.